The first kappa shape index (κ1) is 35.0. The van der Waals surface area contributed by atoms with Crippen LogP contribution in [-0.2, 0) is 0 Å². The van der Waals surface area contributed by atoms with Crippen LogP contribution in [0.2, 0.25) is 0 Å². The molecule has 0 aliphatic rings. The number of fused-ring (bicyclic) bond motifs is 12. The summed E-state index contributed by atoms with van der Waals surface area (Å²) in [6.45, 7) is 0. The Morgan fingerprint density at radius 3 is 1.08 bits per heavy atom. The number of aromatic nitrogens is 3. The zero-order valence-corrected chi connectivity index (χ0v) is 34.6. The molecule has 14 aromatic rings. The van der Waals surface area contributed by atoms with Gasteiger partial charge >= 0.3 is 0 Å². The van der Waals surface area contributed by atoms with Crippen molar-refractivity contribution in [3.63, 3.8) is 0 Å². The van der Waals surface area contributed by atoms with Gasteiger partial charge in [-0.2, -0.15) is 0 Å². The smallest absolute Gasteiger partial charge is 0.135 e. The topological polar surface area (TPSA) is 27.9 Å². The molecule has 4 aromatic heterocycles. The number of furan rings is 1. The maximum absolute atomic E-state index is 6.37. The Balaban J connectivity index is 0.985. The lowest BCUT2D eigenvalue weighted by Crippen LogP contribution is -1.96. The molecule has 64 heavy (non-hydrogen) atoms. The Hall–Kier alpha value is -8.60. The van der Waals surface area contributed by atoms with Crippen molar-refractivity contribution in [1.82, 2.24) is 13.7 Å². The second kappa shape index (κ2) is 13.4. The van der Waals surface area contributed by atoms with Crippen LogP contribution in [0.4, 0.5) is 0 Å². The number of benzene rings is 10. The van der Waals surface area contributed by atoms with Gasteiger partial charge in [-0.25, -0.2) is 0 Å². The maximum Gasteiger partial charge on any atom is 0.135 e. The molecule has 4 heteroatoms. The van der Waals surface area contributed by atoms with Gasteiger partial charge in [-0.3, -0.25) is 0 Å². The second-order valence-electron chi connectivity index (χ2n) is 16.9. The van der Waals surface area contributed by atoms with Gasteiger partial charge in [-0.05, 0) is 119 Å². The molecule has 0 aliphatic carbocycles. The van der Waals surface area contributed by atoms with Gasteiger partial charge < -0.3 is 18.1 Å². The Morgan fingerprint density at radius 1 is 0.219 bits per heavy atom. The summed E-state index contributed by atoms with van der Waals surface area (Å²) < 4.78 is 13.7. The molecule has 0 radical (unpaired) electrons. The lowest BCUT2D eigenvalue weighted by atomic mass is 10.00. The van der Waals surface area contributed by atoms with Gasteiger partial charge in [0, 0.05) is 60.2 Å². The minimum atomic E-state index is 0.889. The van der Waals surface area contributed by atoms with Gasteiger partial charge in [-0.1, -0.05) is 127 Å². The van der Waals surface area contributed by atoms with E-state index in [0.717, 1.165) is 61.2 Å². The fourth-order valence-electron chi connectivity index (χ4n) is 10.5. The first-order chi connectivity index (χ1) is 31.7. The Labute approximate surface area is 367 Å². The molecule has 14 rings (SSSR count). The molecule has 0 saturated carbocycles. The van der Waals surface area contributed by atoms with Crippen LogP contribution in [0.3, 0.4) is 0 Å². The van der Waals surface area contributed by atoms with E-state index in [4.69, 9.17) is 4.42 Å². The molecule has 4 heterocycles. The molecular weight excluding hydrogens is 779 g/mol. The van der Waals surface area contributed by atoms with Crippen LogP contribution < -0.4 is 0 Å². The van der Waals surface area contributed by atoms with E-state index in [2.05, 4.69) is 238 Å². The summed E-state index contributed by atoms with van der Waals surface area (Å²) in [6, 6.07) is 81.6. The monoisotopic (exact) mass is 815 g/mol. The predicted molar refractivity (Wildman–Crippen MR) is 268 cm³/mol. The second-order valence-corrected chi connectivity index (χ2v) is 16.9. The quantitative estimate of drug-likeness (QED) is 0.170. The van der Waals surface area contributed by atoms with Crippen LogP contribution in [0.5, 0.6) is 0 Å². The number of hydrogen-bond acceptors (Lipinski definition) is 1. The summed E-state index contributed by atoms with van der Waals surface area (Å²) in [5.74, 6) is 0. The average molecular weight is 816 g/mol. The Kier molecular flexibility index (Phi) is 7.36. The molecule has 0 saturated heterocycles. The van der Waals surface area contributed by atoms with E-state index in [0.29, 0.717) is 0 Å². The summed E-state index contributed by atoms with van der Waals surface area (Å²) >= 11 is 0. The van der Waals surface area contributed by atoms with Gasteiger partial charge in [-0.15, -0.1) is 0 Å². The number of hydrogen-bond donors (Lipinski definition) is 0. The lowest BCUT2D eigenvalue weighted by molar-refractivity contribution is 0.669. The lowest BCUT2D eigenvalue weighted by Gasteiger charge is -2.12. The minimum absolute atomic E-state index is 0.889. The van der Waals surface area contributed by atoms with Crippen LogP contribution in [0.25, 0.3) is 127 Å². The summed E-state index contributed by atoms with van der Waals surface area (Å²) in [4.78, 5) is 0. The Bertz CT molecular complexity index is 3920. The van der Waals surface area contributed by atoms with Crippen molar-refractivity contribution in [1.29, 1.82) is 0 Å². The molecule has 0 amide bonds. The fourth-order valence-corrected chi connectivity index (χ4v) is 10.5. The number of rotatable bonds is 5. The third-order valence-corrected chi connectivity index (χ3v) is 13.4. The zero-order chi connectivity index (χ0) is 41.9. The highest BCUT2D eigenvalue weighted by atomic mass is 16.3. The van der Waals surface area contributed by atoms with Crippen LogP contribution in [0, 0.1) is 0 Å². The SMILES string of the molecule is c1ccc(-c2ccc3oc4ccc(-c5cccc(-n6c7ccc(-n8c9ccccc9c9ccccc98)cc7c7cc(-n8c9ccccc9c9ccccc98)ccc76)c5)cc4c3c2)cc1. The molecule has 298 valence electrons. The van der Waals surface area contributed by atoms with Crippen molar-refractivity contribution in [2.75, 3.05) is 0 Å². The highest BCUT2D eigenvalue weighted by Gasteiger charge is 2.20. The van der Waals surface area contributed by atoms with Crippen LogP contribution in [0.1, 0.15) is 0 Å². The molecule has 0 bridgehead atoms. The number of nitrogens with zero attached hydrogens (tertiary/aromatic N) is 3. The highest BCUT2D eigenvalue weighted by molar-refractivity contribution is 6.14. The van der Waals surface area contributed by atoms with Crippen molar-refractivity contribution in [2.24, 2.45) is 0 Å². The van der Waals surface area contributed by atoms with Crippen molar-refractivity contribution in [3.05, 3.63) is 224 Å². The van der Waals surface area contributed by atoms with Crippen molar-refractivity contribution < 1.29 is 4.42 Å². The van der Waals surface area contributed by atoms with E-state index in [-0.39, 0.29) is 0 Å². The molecule has 0 atom stereocenters. The maximum atomic E-state index is 6.37. The summed E-state index contributed by atoms with van der Waals surface area (Å²) in [5, 5.41) is 9.64. The molecule has 0 unspecified atom stereocenters. The van der Waals surface area contributed by atoms with Gasteiger partial charge in [0.15, 0.2) is 0 Å². The summed E-state index contributed by atoms with van der Waals surface area (Å²) in [6.07, 6.45) is 0. The van der Waals surface area contributed by atoms with E-state index in [9.17, 15) is 0 Å². The van der Waals surface area contributed by atoms with Crippen molar-refractivity contribution in [3.8, 4) is 39.3 Å². The first-order valence-corrected chi connectivity index (χ1v) is 21.9. The normalized spacial score (nSPS) is 12.1. The van der Waals surface area contributed by atoms with Crippen molar-refractivity contribution >= 4 is 87.4 Å². The van der Waals surface area contributed by atoms with Crippen LogP contribution in [-0.4, -0.2) is 13.7 Å². The standard InChI is InChI=1S/C60H37N3O/c1-2-13-38(14-3-1)40-25-31-59-51(34-40)52-35-41(26-32-60(52)64-59)39-15-12-16-42(33-39)61-57-29-27-43(62-53-21-8-4-17-45(53)46-18-5-9-22-54(46)62)36-49(57)50-37-44(28-30-58(50)61)63-55-23-10-6-19-47(55)48-20-7-11-24-56(48)63/h1-37H. The van der Waals surface area contributed by atoms with E-state index < -0.39 is 0 Å². The molecular formula is C60H37N3O. The van der Waals surface area contributed by atoms with E-state index in [1.54, 1.807) is 0 Å². The zero-order valence-electron chi connectivity index (χ0n) is 34.6. The summed E-state index contributed by atoms with van der Waals surface area (Å²) in [5.41, 5.74) is 16.9. The van der Waals surface area contributed by atoms with Gasteiger partial charge in [0.25, 0.3) is 0 Å². The predicted octanol–water partition coefficient (Wildman–Crippen LogP) is 16.2. The molecule has 0 fully saturated rings. The fraction of sp³-hybridized carbons (Fsp3) is 0. The third kappa shape index (κ3) is 5.11. The van der Waals surface area contributed by atoms with E-state index in [1.165, 1.54) is 65.5 Å². The molecule has 4 nitrogen and oxygen atoms in total. The first-order valence-electron chi connectivity index (χ1n) is 21.9. The third-order valence-electron chi connectivity index (χ3n) is 13.4. The van der Waals surface area contributed by atoms with Gasteiger partial charge in [0.2, 0.25) is 0 Å². The molecule has 10 aromatic carbocycles. The van der Waals surface area contributed by atoms with Crippen LogP contribution >= 0.6 is 0 Å². The highest BCUT2D eigenvalue weighted by Crippen LogP contribution is 2.41. The molecule has 0 aliphatic heterocycles. The minimum Gasteiger partial charge on any atom is -0.456 e. The Morgan fingerprint density at radius 2 is 0.594 bits per heavy atom. The largest absolute Gasteiger partial charge is 0.456 e. The van der Waals surface area contributed by atoms with Crippen LogP contribution in [0.15, 0.2) is 229 Å². The molecule has 0 spiro atoms. The molecule has 0 N–H and O–H groups in total. The average Bonchev–Trinajstić information content (AvgIpc) is 4.10. The number of para-hydroxylation sites is 4. The van der Waals surface area contributed by atoms with Gasteiger partial charge in [0.05, 0.1) is 33.1 Å². The van der Waals surface area contributed by atoms with Crippen molar-refractivity contribution in [2.45, 2.75) is 0 Å². The summed E-state index contributed by atoms with van der Waals surface area (Å²) in [7, 11) is 0. The van der Waals surface area contributed by atoms with Gasteiger partial charge in [0.1, 0.15) is 11.2 Å². The van der Waals surface area contributed by atoms with E-state index in [1.807, 2.05) is 0 Å². The van der Waals surface area contributed by atoms with E-state index >= 15 is 0 Å².